The van der Waals surface area contributed by atoms with Gasteiger partial charge in [0.15, 0.2) is 0 Å². The lowest BCUT2D eigenvalue weighted by Crippen LogP contribution is -2.54. The van der Waals surface area contributed by atoms with Crippen molar-refractivity contribution in [2.75, 3.05) is 11.9 Å². The summed E-state index contributed by atoms with van der Waals surface area (Å²) in [6.45, 7) is 5.10. The molecule has 1 atom stereocenters. The molecule has 4 aliphatic rings. The van der Waals surface area contributed by atoms with E-state index in [9.17, 15) is 19.2 Å². The molecule has 4 aromatic rings. The predicted molar refractivity (Wildman–Crippen MR) is 167 cm³/mol. The number of nitrogens with zero attached hydrogens (tertiary/aromatic N) is 5. The molecule has 2 aliphatic heterocycles. The van der Waals surface area contributed by atoms with Gasteiger partial charge in [-0.25, -0.2) is 4.98 Å². The molecule has 3 fully saturated rings. The van der Waals surface area contributed by atoms with Gasteiger partial charge in [0.05, 0.1) is 39.6 Å². The second kappa shape index (κ2) is 10.4. The van der Waals surface area contributed by atoms with Crippen molar-refractivity contribution in [1.29, 1.82) is 0 Å². The van der Waals surface area contributed by atoms with Crippen molar-refractivity contribution in [3.8, 4) is 11.3 Å². The highest BCUT2D eigenvalue weighted by Crippen LogP contribution is 2.46. The monoisotopic (exact) mass is 605 g/mol. The summed E-state index contributed by atoms with van der Waals surface area (Å²) in [7, 11) is 0. The Labute approximate surface area is 260 Å². The molecule has 0 spiro atoms. The number of hydrogen-bond donors (Lipinski definition) is 2. The third kappa shape index (κ3) is 4.72. The molecule has 1 saturated heterocycles. The summed E-state index contributed by atoms with van der Waals surface area (Å²) >= 11 is 0. The molecule has 8 rings (SSSR count). The van der Waals surface area contributed by atoms with Crippen molar-refractivity contribution < 1.29 is 19.2 Å². The van der Waals surface area contributed by atoms with E-state index in [1.54, 1.807) is 18.2 Å². The van der Waals surface area contributed by atoms with Crippen molar-refractivity contribution in [3.63, 3.8) is 0 Å². The van der Waals surface area contributed by atoms with Crippen molar-refractivity contribution in [2.24, 2.45) is 5.92 Å². The van der Waals surface area contributed by atoms with Crippen LogP contribution in [0.1, 0.15) is 96.8 Å². The number of benzene rings is 1. The van der Waals surface area contributed by atoms with Gasteiger partial charge in [-0.3, -0.25) is 34.1 Å². The van der Waals surface area contributed by atoms with E-state index < -0.39 is 23.8 Å². The van der Waals surface area contributed by atoms with Gasteiger partial charge in [0, 0.05) is 48.6 Å². The number of hydrogen-bond acceptors (Lipinski definition) is 7. The fraction of sp³-hybridized carbons (Fsp3) is 0.412. The number of anilines is 1. The molecule has 2 saturated carbocycles. The number of aromatic nitrogens is 4. The fourth-order valence-corrected chi connectivity index (χ4v) is 7.01. The van der Waals surface area contributed by atoms with Crippen LogP contribution >= 0.6 is 0 Å². The maximum Gasteiger partial charge on any atom is 0.262 e. The Balaban J connectivity index is 0.923. The van der Waals surface area contributed by atoms with Crippen molar-refractivity contribution in [2.45, 2.75) is 76.4 Å². The topological polar surface area (TPSA) is 131 Å². The van der Waals surface area contributed by atoms with Crippen LogP contribution < -0.4 is 10.6 Å². The average Bonchev–Trinajstić information content (AvgIpc) is 3.52. The molecular formula is C34H35N7O4. The van der Waals surface area contributed by atoms with Gasteiger partial charge in [-0.2, -0.15) is 5.10 Å². The predicted octanol–water partition coefficient (Wildman–Crippen LogP) is 4.82. The Morgan fingerprint density at radius 1 is 0.956 bits per heavy atom. The first kappa shape index (κ1) is 27.7. The summed E-state index contributed by atoms with van der Waals surface area (Å²) in [6, 6.07) is 11.3. The van der Waals surface area contributed by atoms with Gasteiger partial charge in [-0.05, 0) is 88.3 Å². The molecule has 4 amide bonds. The highest BCUT2D eigenvalue weighted by atomic mass is 16.2. The molecule has 230 valence electrons. The lowest BCUT2D eigenvalue weighted by Gasteiger charge is -2.35. The van der Waals surface area contributed by atoms with Crippen LogP contribution in [0.5, 0.6) is 0 Å². The van der Waals surface area contributed by atoms with E-state index >= 15 is 0 Å². The molecule has 45 heavy (non-hydrogen) atoms. The van der Waals surface area contributed by atoms with E-state index in [1.165, 1.54) is 12.8 Å². The van der Waals surface area contributed by atoms with Crippen molar-refractivity contribution in [1.82, 2.24) is 29.5 Å². The van der Waals surface area contributed by atoms with E-state index in [4.69, 9.17) is 10.1 Å². The van der Waals surface area contributed by atoms with E-state index in [0.717, 1.165) is 58.0 Å². The summed E-state index contributed by atoms with van der Waals surface area (Å²) in [6.07, 6.45) is 8.87. The van der Waals surface area contributed by atoms with Gasteiger partial charge in [-0.1, -0.05) is 0 Å². The second-order valence-corrected chi connectivity index (χ2v) is 13.2. The first-order valence-electron chi connectivity index (χ1n) is 15.9. The van der Waals surface area contributed by atoms with E-state index in [2.05, 4.69) is 64.3 Å². The maximum atomic E-state index is 13.2. The Morgan fingerprint density at radius 2 is 1.76 bits per heavy atom. The minimum Gasteiger partial charge on any atom is -0.385 e. The molecule has 0 bridgehead atoms. The zero-order chi connectivity index (χ0) is 31.0. The van der Waals surface area contributed by atoms with Gasteiger partial charge in [0.25, 0.3) is 11.8 Å². The number of pyridine rings is 1. The number of nitrogens with one attached hydrogen (secondary N) is 2. The standard InChI is InChI=1S/C34H35N7O4/c1-18(2)39-12-11-27-28(39)8-7-26(36-27)25-17-40(38-31(25)20-3-4-20)22-13-19(14-22)16-35-21-5-6-23-24(15-21)34(45)41(33(23)44)29-9-10-30(42)37-32(29)43/h5-8,11-12,15,17-20,22,29,35H,3-4,9-10,13-14,16H2,1-2H3,(H,37,42,43). The molecule has 1 aromatic carbocycles. The molecule has 11 heteroatoms. The van der Waals surface area contributed by atoms with Crippen LogP contribution in [0.2, 0.25) is 0 Å². The molecule has 2 N–H and O–H groups in total. The number of imide groups is 2. The van der Waals surface area contributed by atoms with Crippen molar-refractivity contribution >= 4 is 40.3 Å². The number of carbonyl (C=O) groups excluding carboxylic acids is 4. The average molecular weight is 606 g/mol. The SMILES string of the molecule is CC(C)n1ccc2nc(-c3cn(C4CC(CNc5ccc6c(c5)C(=O)N(C5CCC(=O)NC5=O)C6=O)C4)nc3C3CC3)ccc21. The van der Waals surface area contributed by atoms with Gasteiger partial charge < -0.3 is 9.88 Å². The highest BCUT2D eigenvalue weighted by Gasteiger charge is 2.44. The van der Waals surface area contributed by atoms with Crippen LogP contribution in [0, 0.1) is 5.92 Å². The normalized spacial score (nSPS) is 23.1. The first-order chi connectivity index (χ1) is 21.7. The zero-order valence-corrected chi connectivity index (χ0v) is 25.3. The number of amides is 4. The summed E-state index contributed by atoms with van der Waals surface area (Å²) in [5, 5.41) is 10.8. The fourth-order valence-electron chi connectivity index (χ4n) is 7.01. The lowest BCUT2D eigenvalue weighted by molar-refractivity contribution is -0.136. The van der Waals surface area contributed by atoms with Gasteiger partial charge in [0.1, 0.15) is 6.04 Å². The summed E-state index contributed by atoms with van der Waals surface area (Å²) in [5.41, 5.74) is 6.76. The molecule has 11 nitrogen and oxygen atoms in total. The van der Waals surface area contributed by atoms with E-state index in [1.807, 2.05) is 0 Å². The van der Waals surface area contributed by atoms with E-state index in [0.29, 0.717) is 23.9 Å². The largest absolute Gasteiger partial charge is 0.385 e. The smallest absolute Gasteiger partial charge is 0.262 e. The first-order valence-corrected chi connectivity index (χ1v) is 15.9. The number of carbonyl (C=O) groups is 4. The molecule has 5 heterocycles. The Hall–Kier alpha value is -4.80. The number of piperidine rings is 1. The van der Waals surface area contributed by atoms with Gasteiger partial charge in [-0.15, -0.1) is 0 Å². The van der Waals surface area contributed by atoms with Crippen molar-refractivity contribution in [3.05, 3.63) is 65.6 Å². The van der Waals surface area contributed by atoms with Gasteiger partial charge >= 0.3 is 0 Å². The number of fused-ring (bicyclic) bond motifs is 2. The van der Waals surface area contributed by atoms with E-state index in [-0.39, 0.29) is 29.9 Å². The second-order valence-electron chi connectivity index (χ2n) is 13.2. The van der Waals surface area contributed by atoms with Crippen LogP contribution in [0.3, 0.4) is 0 Å². The van der Waals surface area contributed by atoms with Gasteiger partial charge in [0.2, 0.25) is 11.8 Å². The highest BCUT2D eigenvalue weighted by molar-refractivity contribution is 6.23. The molecule has 0 radical (unpaired) electrons. The molecular weight excluding hydrogens is 570 g/mol. The summed E-state index contributed by atoms with van der Waals surface area (Å²) in [4.78, 5) is 56.1. The van der Waals surface area contributed by atoms with Crippen LogP contribution in [0.15, 0.2) is 48.8 Å². The molecule has 1 unspecified atom stereocenters. The third-order valence-corrected chi connectivity index (χ3v) is 9.75. The minimum absolute atomic E-state index is 0.0978. The van der Waals surface area contributed by atoms with Crippen LogP contribution in [0.25, 0.3) is 22.3 Å². The molecule has 2 aliphatic carbocycles. The molecule has 3 aromatic heterocycles. The van der Waals surface area contributed by atoms with Crippen LogP contribution in [-0.4, -0.2) is 60.4 Å². The summed E-state index contributed by atoms with van der Waals surface area (Å²) in [5.74, 6) is -1.03. The Kier molecular flexibility index (Phi) is 6.40. The third-order valence-electron chi connectivity index (χ3n) is 9.75. The summed E-state index contributed by atoms with van der Waals surface area (Å²) < 4.78 is 4.39. The quantitative estimate of drug-likeness (QED) is 0.275. The van der Waals surface area contributed by atoms with Crippen LogP contribution in [-0.2, 0) is 9.59 Å². The van der Waals surface area contributed by atoms with Crippen LogP contribution in [0.4, 0.5) is 5.69 Å². The zero-order valence-electron chi connectivity index (χ0n) is 25.3. The Morgan fingerprint density at radius 3 is 2.51 bits per heavy atom. The maximum absolute atomic E-state index is 13.2. The number of rotatable bonds is 8. The minimum atomic E-state index is -0.966. The lowest BCUT2D eigenvalue weighted by atomic mass is 9.80. The Bertz CT molecular complexity index is 1900.